The minimum atomic E-state index is -0.206. The zero-order chi connectivity index (χ0) is 15.5. The Hall–Kier alpha value is -2.08. The van der Waals surface area contributed by atoms with E-state index in [1.165, 1.54) is 0 Å². The van der Waals surface area contributed by atoms with E-state index in [4.69, 9.17) is 0 Å². The highest BCUT2D eigenvalue weighted by molar-refractivity contribution is 5.97. The Kier molecular flexibility index (Phi) is 4.29. The first-order valence-electron chi connectivity index (χ1n) is 7.83. The van der Waals surface area contributed by atoms with Crippen LogP contribution in [0.3, 0.4) is 0 Å². The van der Waals surface area contributed by atoms with Crippen LogP contribution in [0.2, 0.25) is 0 Å². The Bertz CT molecular complexity index is 571. The zero-order valence-corrected chi connectivity index (χ0v) is 12.8. The van der Waals surface area contributed by atoms with Crippen molar-refractivity contribution in [2.24, 2.45) is 0 Å². The van der Waals surface area contributed by atoms with Crippen molar-refractivity contribution in [1.29, 1.82) is 0 Å². The van der Waals surface area contributed by atoms with Crippen molar-refractivity contribution < 1.29 is 9.59 Å². The van der Waals surface area contributed by atoms with Gasteiger partial charge in [-0.25, -0.2) is 4.79 Å². The average Bonchev–Trinajstić information content (AvgIpc) is 3.31. The van der Waals surface area contributed by atoms with Crippen LogP contribution in [0.4, 0.5) is 10.5 Å². The number of nitrogens with zero attached hydrogens (tertiary/aromatic N) is 1. The maximum atomic E-state index is 12.6. The highest BCUT2D eigenvalue weighted by atomic mass is 16.2. The van der Waals surface area contributed by atoms with E-state index in [-0.39, 0.29) is 18.0 Å². The van der Waals surface area contributed by atoms with Crippen LogP contribution in [-0.4, -0.2) is 48.6 Å². The molecule has 3 amide bonds. The number of piperazine rings is 1. The first kappa shape index (κ1) is 14.8. The van der Waals surface area contributed by atoms with Crippen molar-refractivity contribution in [3.63, 3.8) is 0 Å². The molecule has 6 nitrogen and oxygen atoms in total. The molecule has 1 aromatic rings. The molecule has 3 rings (SSSR count). The summed E-state index contributed by atoms with van der Waals surface area (Å²) < 4.78 is 0. The van der Waals surface area contributed by atoms with Gasteiger partial charge in [-0.1, -0.05) is 6.07 Å². The van der Waals surface area contributed by atoms with Crippen LogP contribution in [0, 0.1) is 0 Å². The monoisotopic (exact) mass is 302 g/mol. The third-order valence-electron chi connectivity index (χ3n) is 4.04. The Labute approximate surface area is 130 Å². The molecule has 0 bridgehead atoms. The number of hydrogen-bond donors (Lipinski definition) is 3. The van der Waals surface area contributed by atoms with Crippen molar-refractivity contribution in [3.05, 3.63) is 29.8 Å². The number of urea groups is 1. The van der Waals surface area contributed by atoms with E-state index >= 15 is 0 Å². The second kappa shape index (κ2) is 6.36. The number of carbonyl (C=O) groups excluding carboxylic acids is 2. The van der Waals surface area contributed by atoms with Gasteiger partial charge >= 0.3 is 6.03 Å². The van der Waals surface area contributed by atoms with E-state index in [0.29, 0.717) is 23.8 Å². The van der Waals surface area contributed by atoms with Crippen LogP contribution in [0.1, 0.15) is 30.1 Å². The minimum Gasteiger partial charge on any atom is -0.335 e. The summed E-state index contributed by atoms with van der Waals surface area (Å²) in [6.45, 7) is 4.38. The lowest BCUT2D eigenvalue weighted by Gasteiger charge is -2.34. The lowest BCUT2D eigenvalue weighted by atomic mass is 10.1. The van der Waals surface area contributed by atoms with Crippen LogP contribution in [0.15, 0.2) is 24.3 Å². The lowest BCUT2D eigenvalue weighted by Crippen LogP contribution is -2.52. The zero-order valence-electron chi connectivity index (χ0n) is 12.8. The Morgan fingerprint density at radius 2 is 2.14 bits per heavy atom. The fourth-order valence-electron chi connectivity index (χ4n) is 2.62. The third kappa shape index (κ3) is 3.57. The molecule has 2 fully saturated rings. The van der Waals surface area contributed by atoms with E-state index < -0.39 is 0 Å². The van der Waals surface area contributed by atoms with E-state index in [1.54, 1.807) is 24.3 Å². The number of rotatable bonds is 3. The number of benzene rings is 1. The second-order valence-electron chi connectivity index (χ2n) is 6.01. The molecule has 1 saturated carbocycles. The van der Waals surface area contributed by atoms with Crippen molar-refractivity contribution in [1.82, 2.24) is 15.5 Å². The highest BCUT2D eigenvalue weighted by Crippen LogP contribution is 2.19. The summed E-state index contributed by atoms with van der Waals surface area (Å²) >= 11 is 0. The molecule has 1 atom stereocenters. The number of anilines is 1. The van der Waals surface area contributed by atoms with Gasteiger partial charge in [0.15, 0.2) is 0 Å². The standard InChI is InChI=1S/C16H22N4O2/c1-11-10-17-7-8-20(11)15(21)12-3-2-4-14(9-12)19-16(22)18-13-5-6-13/h2-4,9,11,13,17H,5-8,10H2,1H3,(H2,18,19,22)/t11-/m1/s1. The summed E-state index contributed by atoms with van der Waals surface area (Å²) in [6, 6.07) is 7.41. The van der Waals surface area contributed by atoms with Crippen molar-refractivity contribution in [2.75, 3.05) is 25.0 Å². The summed E-state index contributed by atoms with van der Waals surface area (Å²) in [5, 5.41) is 8.93. The van der Waals surface area contributed by atoms with E-state index in [1.807, 2.05) is 11.8 Å². The van der Waals surface area contributed by atoms with Gasteiger partial charge in [-0.2, -0.15) is 0 Å². The second-order valence-corrected chi connectivity index (χ2v) is 6.01. The van der Waals surface area contributed by atoms with E-state index in [2.05, 4.69) is 16.0 Å². The Balaban J connectivity index is 1.66. The first-order valence-corrected chi connectivity index (χ1v) is 7.83. The molecular weight excluding hydrogens is 280 g/mol. The van der Waals surface area contributed by atoms with Gasteiger partial charge in [-0.15, -0.1) is 0 Å². The number of hydrogen-bond acceptors (Lipinski definition) is 3. The van der Waals surface area contributed by atoms with Crippen molar-refractivity contribution in [2.45, 2.75) is 31.8 Å². The molecule has 1 aromatic carbocycles. The summed E-state index contributed by atoms with van der Waals surface area (Å²) in [5.74, 6) is 0.0141. The molecule has 0 spiro atoms. The van der Waals surface area contributed by atoms with Gasteiger partial charge in [0.25, 0.3) is 5.91 Å². The average molecular weight is 302 g/mol. The number of amides is 3. The summed E-state index contributed by atoms with van der Waals surface area (Å²) in [6.07, 6.45) is 2.10. The fourth-order valence-corrected chi connectivity index (χ4v) is 2.62. The van der Waals surface area contributed by atoms with Crippen molar-refractivity contribution >= 4 is 17.6 Å². The van der Waals surface area contributed by atoms with Crippen LogP contribution in [0.25, 0.3) is 0 Å². The molecule has 1 saturated heterocycles. The molecule has 1 aliphatic heterocycles. The topological polar surface area (TPSA) is 73.5 Å². The van der Waals surface area contributed by atoms with E-state index in [9.17, 15) is 9.59 Å². The molecular formula is C16H22N4O2. The van der Waals surface area contributed by atoms with Gasteiger partial charge in [0.1, 0.15) is 0 Å². The van der Waals surface area contributed by atoms with Gasteiger partial charge in [0.05, 0.1) is 0 Å². The van der Waals surface area contributed by atoms with Gasteiger partial charge in [0.2, 0.25) is 0 Å². The van der Waals surface area contributed by atoms with E-state index in [0.717, 1.165) is 25.9 Å². The normalized spacial score (nSPS) is 21.3. The van der Waals surface area contributed by atoms with Crippen LogP contribution >= 0.6 is 0 Å². The molecule has 0 radical (unpaired) electrons. The van der Waals surface area contributed by atoms with Crippen LogP contribution in [-0.2, 0) is 0 Å². The van der Waals surface area contributed by atoms with Crippen molar-refractivity contribution in [3.8, 4) is 0 Å². The first-order chi connectivity index (χ1) is 10.6. The summed E-state index contributed by atoms with van der Waals surface area (Å²) in [7, 11) is 0. The SMILES string of the molecule is C[C@@H]1CNCCN1C(=O)c1cccc(NC(=O)NC2CC2)c1. The molecule has 118 valence electrons. The third-order valence-corrected chi connectivity index (χ3v) is 4.04. The summed E-state index contributed by atoms with van der Waals surface area (Å²) in [4.78, 5) is 26.3. The maximum absolute atomic E-state index is 12.6. The summed E-state index contributed by atoms with van der Waals surface area (Å²) in [5.41, 5.74) is 1.25. The molecule has 1 aliphatic carbocycles. The quantitative estimate of drug-likeness (QED) is 0.790. The molecule has 6 heteroatoms. The van der Waals surface area contributed by atoms with Crippen LogP contribution < -0.4 is 16.0 Å². The Morgan fingerprint density at radius 3 is 2.86 bits per heavy atom. The fraction of sp³-hybridized carbons (Fsp3) is 0.500. The van der Waals surface area contributed by atoms with Gasteiger partial charge in [0, 0.05) is 43.0 Å². The Morgan fingerprint density at radius 1 is 1.32 bits per heavy atom. The number of nitrogens with one attached hydrogen (secondary N) is 3. The molecule has 3 N–H and O–H groups in total. The van der Waals surface area contributed by atoms with Gasteiger partial charge < -0.3 is 20.9 Å². The molecule has 22 heavy (non-hydrogen) atoms. The predicted molar refractivity (Wildman–Crippen MR) is 85.0 cm³/mol. The molecule has 0 unspecified atom stereocenters. The predicted octanol–water partition coefficient (Wildman–Crippen LogP) is 1.40. The smallest absolute Gasteiger partial charge is 0.319 e. The molecule has 1 heterocycles. The lowest BCUT2D eigenvalue weighted by molar-refractivity contribution is 0.0656. The largest absolute Gasteiger partial charge is 0.335 e. The highest BCUT2D eigenvalue weighted by Gasteiger charge is 2.25. The molecule has 2 aliphatic rings. The van der Waals surface area contributed by atoms with Gasteiger partial charge in [-0.3, -0.25) is 4.79 Å². The maximum Gasteiger partial charge on any atom is 0.319 e. The van der Waals surface area contributed by atoms with Gasteiger partial charge in [-0.05, 0) is 38.0 Å². The molecule has 0 aromatic heterocycles. The number of carbonyl (C=O) groups is 2. The minimum absolute atomic E-state index is 0.0141. The van der Waals surface area contributed by atoms with Crippen LogP contribution in [0.5, 0.6) is 0 Å².